The topological polar surface area (TPSA) is 55.8 Å². The zero-order valence-electron chi connectivity index (χ0n) is 12.9. The van der Waals surface area contributed by atoms with E-state index < -0.39 is 35.3 Å². The number of rotatable bonds is 3. The molecule has 0 aliphatic carbocycles. The lowest BCUT2D eigenvalue weighted by Gasteiger charge is -2.22. The zero-order valence-corrected chi connectivity index (χ0v) is 13.6. The van der Waals surface area contributed by atoms with Crippen LogP contribution in [0.5, 0.6) is 0 Å². The SMILES string of the molecule is CCOC(=O)[C@H]1[C@@H]2C=C[C@]3(CN(c4ccc(Cl)c(F)c4)C(=O)[C@H]13)O2. The van der Waals surface area contributed by atoms with Crippen molar-refractivity contribution in [2.24, 2.45) is 11.8 Å². The van der Waals surface area contributed by atoms with E-state index in [4.69, 9.17) is 21.1 Å². The predicted molar refractivity (Wildman–Crippen MR) is 84.1 cm³/mol. The molecular formula is C17H15ClFNO4. The van der Waals surface area contributed by atoms with Gasteiger partial charge in [0.15, 0.2) is 0 Å². The molecule has 0 radical (unpaired) electrons. The fourth-order valence-corrected chi connectivity index (χ4v) is 3.99. The number of ether oxygens (including phenoxy) is 2. The second-order valence-electron chi connectivity index (χ2n) is 6.17. The normalized spacial score (nSPS) is 33.2. The van der Waals surface area contributed by atoms with Gasteiger partial charge in [0.1, 0.15) is 17.3 Å². The molecule has 0 unspecified atom stereocenters. The monoisotopic (exact) mass is 351 g/mol. The number of esters is 1. The van der Waals surface area contributed by atoms with Gasteiger partial charge in [-0.3, -0.25) is 9.59 Å². The molecule has 1 aromatic rings. The fraction of sp³-hybridized carbons (Fsp3) is 0.412. The summed E-state index contributed by atoms with van der Waals surface area (Å²) in [6.07, 6.45) is 3.20. The van der Waals surface area contributed by atoms with Gasteiger partial charge in [-0.1, -0.05) is 23.8 Å². The average molecular weight is 352 g/mol. The van der Waals surface area contributed by atoms with Crippen molar-refractivity contribution in [2.75, 3.05) is 18.1 Å². The minimum Gasteiger partial charge on any atom is -0.466 e. The third-order valence-corrected chi connectivity index (χ3v) is 5.18. The molecular weight excluding hydrogens is 337 g/mol. The highest BCUT2D eigenvalue weighted by Crippen LogP contribution is 2.53. The van der Waals surface area contributed by atoms with E-state index in [2.05, 4.69) is 0 Å². The number of amides is 1. The Labute approximate surface area is 143 Å². The molecule has 1 spiro atoms. The molecule has 0 aromatic heterocycles. The van der Waals surface area contributed by atoms with Crippen LogP contribution in [0.1, 0.15) is 6.92 Å². The van der Waals surface area contributed by atoms with Gasteiger partial charge in [-0.25, -0.2) is 4.39 Å². The first-order valence-corrected chi connectivity index (χ1v) is 8.15. The average Bonchev–Trinajstić information content (AvgIpc) is 3.19. The molecule has 3 aliphatic heterocycles. The fourth-order valence-electron chi connectivity index (χ4n) is 3.88. The van der Waals surface area contributed by atoms with Crippen molar-refractivity contribution >= 4 is 29.2 Å². The third-order valence-electron chi connectivity index (χ3n) is 4.87. The lowest BCUT2D eigenvalue weighted by Crippen LogP contribution is -2.40. The van der Waals surface area contributed by atoms with Crippen molar-refractivity contribution in [3.8, 4) is 0 Å². The maximum absolute atomic E-state index is 13.8. The van der Waals surface area contributed by atoms with Crippen LogP contribution in [0.15, 0.2) is 30.4 Å². The van der Waals surface area contributed by atoms with Crippen LogP contribution < -0.4 is 4.90 Å². The highest BCUT2D eigenvalue weighted by atomic mass is 35.5. The molecule has 7 heteroatoms. The zero-order chi connectivity index (χ0) is 17.1. The molecule has 2 bridgehead atoms. The Morgan fingerprint density at radius 3 is 3.04 bits per heavy atom. The van der Waals surface area contributed by atoms with Gasteiger partial charge in [-0.05, 0) is 25.1 Å². The highest BCUT2D eigenvalue weighted by Gasteiger charge is 2.67. The summed E-state index contributed by atoms with van der Waals surface area (Å²) >= 11 is 5.70. The molecule has 3 aliphatic rings. The van der Waals surface area contributed by atoms with Crippen molar-refractivity contribution in [3.63, 3.8) is 0 Å². The van der Waals surface area contributed by atoms with E-state index in [-0.39, 0.29) is 24.1 Å². The van der Waals surface area contributed by atoms with Crippen LogP contribution in [0, 0.1) is 17.7 Å². The predicted octanol–water partition coefficient (Wildman–Crippen LogP) is 2.33. The second kappa shape index (κ2) is 5.29. The van der Waals surface area contributed by atoms with E-state index in [1.165, 1.54) is 17.0 Å². The number of anilines is 1. The Balaban J connectivity index is 1.69. The number of benzene rings is 1. The summed E-state index contributed by atoms with van der Waals surface area (Å²) < 4.78 is 24.8. The number of fused-ring (bicyclic) bond motifs is 1. The summed E-state index contributed by atoms with van der Waals surface area (Å²) in [4.78, 5) is 26.7. The summed E-state index contributed by atoms with van der Waals surface area (Å²) in [5.74, 6) is -2.60. The van der Waals surface area contributed by atoms with Crippen LogP contribution >= 0.6 is 11.6 Å². The van der Waals surface area contributed by atoms with Crippen LogP contribution in [-0.4, -0.2) is 36.7 Å². The molecule has 1 amide bonds. The van der Waals surface area contributed by atoms with E-state index in [1.807, 2.05) is 6.08 Å². The summed E-state index contributed by atoms with van der Waals surface area (Å²) in [6.45, 7) is 2.20. The van der Waals surface area contributed by atoms with Crippen molar-refractivity contribution in [2.45, 2.75) is 18.6 Å². The Hall–Kier alpha value is -1.92. The summed E-state index contributed by atoms with van der Waals surface area (Å²) in [6, 6.07) is 4.20. The lowest BCUT2D eigenvalue weighted by atomic mass is 9.77. The molecule has 4 rings (SSSR count). The van der Waals surface area contributed by atoms with Crippen LogP contribution in [-0.2, 0) is 19.1 Å². The molecule has 5 nitrogen and oxygen atoms in total. The van der Waals surface area contributed by atoms with E-state index in [0.717, 1.165) is 0 Å². The van der Waals surface area contributed by atoms with Gasteiger partial charge in [0.05, 0.1) is 30.2 Å². The minimum atomic E-state index is -0.852. The standard InChI is InChI=1S/C17H15ClFNO4/c1-2-23-16(22)13-12-5-6-17(24-12)8-20(15(21)14(13)17)9-3-4-10(18)11(19)7-9/h3-7,12-14H,2,8H2,1H3/t12-,13-,14-,17+/m0/s1. The maximum Gasteiger partial charge on any atom is 0.312 e. The van der Waals surface area contributed by atoms with Crippen LogP contribution in [0.4, 0.5) is 10.1 Å². The largest absolute Gasteiger partial charge is 0.466 e. The first kappa shape index (κ1) is 15.6. The van der Waals surface area contributed by atoms with E-state index in [0.29, 0.717) is 5.69 Å². The first-order chi connectivity index (χ1) is 11.5. The lowest BCUT2D eigenvalue weighted by molar-refractivity contribution is -0.151. The van der Waals surface area contributed by atoms with Crippen molar-refractivity contribution < 1.29 is 23.5 Å². The highest BCUT2D eigenvalue weighted by molar-refractivity contribution is 6.30. The Bertz CT molecular complexity index is 767. The summed E-state index contributed by atoms with van der Waals surface area (Å²) in [5, 5.41) is -0.00905. The van der Waals surface area contributed by atoms with E-state index in [9.17, 15) is 14.0 Å². The third kappa shape index (κ3) is 2.03. The molecule has 24 heavy (non-hydrogen) atoms. The number of carbonyl (C=O) groups is 2. The Kier molecular flexibility index (Phi) is 3.44. The molecule has 2 saturated heterocycles. The maximum atomic E-state index is 13.8. The molecule has 126 valence electrons. The molecule has 3 heterocycles. The number of carbonyl (C=O) groups excluding carboxylic acids is 2. The Morgan fingerprint density at radius 1 is 1.54 bits per heavy atom. The first-order valence-electron chi connectivity index (χ1n) is 7.77. The molecule has 2 fully saturated rings. The van der Waals surface area contributed by atoms with E-state index >= 15 is 0 Å². The van der Waals surface area contributed by atoms with Gasteiger partial charge in [-0.15, -0.1) is 0 Å². The number of hydrogen-bond acceptors (Lipinski definition) is 4. The van der Waals surface area contributed by atoms with Gasteiger partial charge >= 0.3 is 5.97 Å². The van der Waals surface area contributed by atoms with Crippen molar-refractivity contribution in [1.29, 1.82) is 0 Å². The van der Waals surface area contributed by atoms with E-state index in [1.54, 1.807) is 19.1 Å². The number of halogens is 2. The van der Waals surface area contributed by atoms with Gasteiger partial charge in [0.2, 0.25) is 5.91 Å². The van der Waals surface area contributed by atoms with Crippen LogP contribution in [0.3, 0.4) is 0 Å². The van der Waals surface area contributed by atoms with Crippen molar-refractivity contribution in [3.05, 3.63) is 41.2 Å². The molecule has 0 saturated carbocycles. The number of nitrogens with zero attached hydrogens (tertiary/aromatic N) is 1. The van der Waals surface area contributed by atoms with Crippen molar-refractivity contribution in [1.82, 2.24) is 0 Å². The second-order valence-corrected chi connectivity index (χ2v) is 6.58. The van der Waals surface area contributed by atoms with Gasteiger partial charge in [0, 0.05) is 5.69 Å². The van der Waals surface area contributed by atoms with Gasteiger partial charge < -0.3 is 14.4 Å². The molecule has 0 N–H and O–H groups in total. The summed E-state index contributed by atoms with van der Waals surface area (Å²) in [7, 11) is 0. The number of hydrogen-bond donors (Lipinski definition) is 0. The quantitative estimate of drug-likeness (QED) is 0.619. The molecule has 4 atom stereocenters. The summed E-state index contributed by atoms with van der Waals surface area (Å²) in [5.41, 5.74) is -0.455. The molecule has 1 aromatic carbocycles. The Morgan fingerprint density at radius 2 is 2.33 bits per heavy atom. The van der Waals surface area contributed by atoms with Crippen LogP contribution in [0.25, 0.3) is 0 Å². The van der Waals surface area contributed by atoms with Gasteiger partial charge in [-0.2, -0.15) is 0 Å². The van der Waals surface area contributed by atoms with Crippen LogP contribution in [0.2, 0.25) is 5.02 Å². The minimum absolute atomic E-state index is 0.00905. The smallest absolute Gasteiger partial charge is 0.312 e. The van der Waals surface area contributed by atoms with Gasteiger partial charge in [0.25, 0.3) is 0 Å².